The molecule has 2 atom stereocenters. The number of methoxy groups -OCH3 is 1. The Bertz CT molecular complexity index is 793. The van der Waals surface area contributed by atoms with Crippen molar-refractivity contribution >= 4 is 23.6 Å². The molecule has 0 bridgehead atoms. The van der Waals surface area contributed by atoms with Crippen LogP contribution in [0.2, 0.25) is 5.02 Å². The Labute approximate surface area is 161 Å². The minimum Gasteiger partial charge on any atom is -0.466 e. The monoisotopic (exact) mass is 370 g/mol. The molecule has 0 aliphatic heterocycles. The number of ether oxygens (including phenoxy) is 1. The fourth-order valence-electron chi connectivity index (χ4n) is 3.03. The van der Waals surface area contributed by atoms with Crippen LogP contribution >= 0.6 is 11.6 Å². The third-order valence-electron chi connectivity index (χ3n) is 5.21. The van der Waals surface area contributed by atoms with Crippen molar-refractivity contribution in [1.29, 1.82) is 0 Å². The van der Waals surface area contributed by atoms with Gasteiger partial charge in [-0.25, -0.2) is 4.79 Å². The highest BCUT2D eigenvalue weighted by Gasteiger charge is 2.19. The van der Waals surface area contributed by atoms with Crippen LogP contribution in [-0.2, 0) is 9.53 Å². The Kier molecular flexibility index (Phi) is 7.05. The first-order valence-corrected chi connectivity index (χ1v) is 9.37. The Morgan fingerprint density at radius 1 is 1.04 bits per heavy atom. The molecule has 0 saturated carbocycles. The first kappa shape index (κ1) is 20.3. The Balaban J connectivity index is 2.53. The Morgan fingerprint density at radius 2 is 1.73 bits per heavy atom. The van der Waals surface area contributed by atoms with E-state index in [2.05, 4.69) is 45.9 Å². The van der Waals surface area contributed by atoms with Crippen molar-refractivity contribution in [2.24, 2.45) is 11.8 Å². The number of rotatable bonds is 6. The zero-order valence-corrected chi connectivity index (χ0v) is 16.9. The SMILES string of the molecule is COC(=O)/C=C/c1cc(C(C)C(C)C(C)C)ccc1-c1ccccc1Cl. The molecule has 26 heavy (non-hydrogen) atoms. The van der Waals surface area contributed by atoms with Gasteiger partial charge in [-0.1, -0.05) is 75.7 Å². The van der Waals surface area contributed by atoms with Crippen molar-refractivity contribution < 1.29 is 9.53 Å². The van der Waals surface area contributed by atoms with E-state index in [1.807, 2.05) is 24.3 Å². The summed E-state index contributed by atoms with van der Waals surface area (Å²) in [5, 5.41) is 0.691. The maximum absolute atomic E-state index is 11.6. The van der Waals surface area contributed by atoms with Gasteiger partial charge in [-0.15, -0.1) is 0 Å². The van der Waals surface area contributed by atoms with E-state index in [0.29, 0.717) is 22.8 Å². The van der Waals surface area contributed by atoms with Crippen LogP contribution in [0.15, 0.2) is 48.5 Å². The van der Waals surface area contributed by atoms with E-state index in [-0.39, 0.29) is 5.97 Å². The van der Waals surface area contributed by atoms with Gasteiger partial charge in [-0.05, 0) is 46.6 Å². The second-order valence-electron chi connectivity index (χ2n) is 7.07. The molecule has 0 saturated heterocycles. The highest BCUT2D eigenvalue weighted by atomic mass is 35.5. The number of hydrogen-bond acceptors (Lipinski definition) is 2. The molecular formula is C23H27ClO2. The lowest BCUT2D eigenvalue weighted by molar-refractivity contribution is -0.134. The lowest BCUT2D eigenvalue weighted by Gasteiger charge is -2.24. The second kappa shape index (κ2) is 9.05. The molecule has 2 aromatic carbocycles. The van der Waals surface area contributed by atoms with Crippen molar-refractivity contribution in [1.82, 2.24) is 0 Å². The van der Waals surface area contributed by atoms with E-state index < -0.39 is 0 Å². The minimum atomic E-state index is -0.371. The maximum atomic E-state index is 11.6. The van der Waals surface area contributed by atoms with Gasteiger partial charge in [0.25, 0.3) is 0 Å². The summed E-state index contributed by atoms with van der Waals surface area (Å²) in [4.78, 5) is 11.6. The van der Waals surface area contributed by atoms with Crippen molar-refractivity contribution in [3.63, 3.8) is 0 Å². The van der Waals surface area contributed by atoms with Gasteiger partial charge in [0.05, 0.1) is 7.11 Å². The molecule has 0 radical (unpaired) electrons. The van der Waals surface area contributed by atoms with Gasteiger partial charge in [-0.2, -0.15) is 0 Å². The summed E-state index contributed by atoms with van der Waals surface area (Å²) >= 11 is 6.40. The third-order valence-corrected chi connectivity index (χ3v) is 5.54. The van der Waals surface area contributed by atoms with Crippen LogP contribution in [-0.4, -0.2) is 13.1 Å². The van der Waals surface area contributed by atoms with E-state index in [1.165, 1.54) is 18.7 Å². The molecule has 3 heteroatoms. The van der Waals surface area contributed by atoms with Gasteiger partial charge < -0.3 is 4.74 Å². The average Bonchev–Trinajstić information content (AvgIpc) is 2.65. The molecule has 0 heterocycles. The molecule has 0 aliphatic rings. The largest absolute Gasteiger partial charge is 0.466 e. The standard InChI is InChI=1S/C23H27ClO2/c1-15(2)16(3)17(4)18-10-12-20(21-8-6-7-9-22(21)24)19(14-18)11-13-23(25)26-5/h6-17H,1-5H3/b13-11+. The van der Waals surface area contributed by atoms with Crippen LogP contribution in [0.25, 0.3) is 17.2 Å². The molecule has 2 unspecified atom stereocenters. The van der Waals surface area contributed by atoms with Gasteiger partial charge in [0, 0.05) is 16.7 Å². The molecule has 0 amide bonds. The second-order valence-corrected chi connectivity index (χ2v) is 7.48. The summed E-state index contributed by atoms with van der Waals surface area (Å²) in [6, 6.07) is 14.2. The van der Waals surface area contributed by atoms with E-state index >= 15 is 0 Å². The molecule has 138 valence electrons. The highest BCUT2D eigenvalue weighted by Crippen LogP contribution is 2.35. The van der Waals surface area contributed by atoms with Crippen molar-refractivity contribution in [2.75, 3.05) is 7.11 Å². The summed E-state index contributed by atoms with van der Waals surface area (Å²) in [6.45, 7) is 9.03. The topological polar surface area (TPSA) is 26.3 Å². The lowest BCUT2D eigenvalue weighted by atomic mass is 9.80. The van der Waals surface area contributed by atoms with Gasteiger partial charge >= 0.3 is 5.97 Å². The van der Waals surface area contributed by atoms with Gasteiger partial charge in [0.2, 0.25) is 0 Å². The number of esters is 1. The fraction of sp³-hybridized carbons (Fsp3) is 0.348. The van der Waals surface area contributed by atoms with E-state index in [9.17, 15) is 4.79 Å². The van der Waals surface area contributed by atoms with Gasteiger partial charge in [0.1, 0.15) is 0 Å². The van der Waals surface area contributed by atoms with E-state index in [0.717, 1.165) is 16.7 Å². The predicted molar refractivity (Wildman–Crippen MR) is 110 cm³/mol. The summed E-state index contributed by atoms with van der Waals surface area (Å²) in [7, 11) is 1.38. The molecule has 0 fully saturated rings. The first-order chi connectivity index (χ1) is 12.3. The smallest absolute Gasteiger partial charge is 0.330 e. The quantitative estimate of drug-likeness (QED) is 0.423. The van der Waals surface area contributed by atoms with Crippen LogP contribution in [0.4, 0.5) is 0 Å². The third kappa shape index (κ3) is 4.76. The summed E-state index contributed by atoms with van der Waals surface area (Å²) in [6.07, 6.45) is 3.26. The first-order valence-electron chi connectivity index (χ1n) is 9.00. The van der Waals surface area contributed by atoms with Gasteiger partial charge in [0.15, 0.2) is 0 Å². The van der Waals surface area contributed by atoms with Crippen molar-refractivity contribution in [2.45, 2.75) is 33.6 Å². The van der Waals surface area contributed by atoms with Crippen LogP contribution in [0.3, 0.4) is 0 Å². The molecule has 2 nitrogen and oxygen atoms in total. The lowest BCUT2D eigenvalue weighted by Crippen LogP contribution is -2.12. The zero-order valence-electron chi connectivity index (χ0n) is 16.1. The van der Waals surface area contributed by atoms with Crippen LogP contribution in [0.5, 0.6) is 0 Å². The zero-order chi connectivity index (χ0) is 19.3. The normalized spacial score (nSPS) is 13.8. The minimum absolute atomic E-state index is 0.371. The van der Waals surface area contributed by atoms with Crippen LogP contribution < -0.4 is 0 Å². The summed E-state index contributed by atoms with van der Waals surface area (Å²) in [5.74, 6) is 1.20. The summed E-state index contributed by atoms with van der Waals surface area (Å²) < 4.78 is 4.74. The van der Waals surface area contributed by atoms with Crippen LogP contribution in [0.1, 0.15) is 44.7 Å². The molecule has 0 aromatic heterocycles. The van der Waals surface area contributed by atoms with Crippen LogP contribution in [0, 0.1) is 11.8 Å². The van der Waals surface area contributed by atoms with Crippen molar-refractivity contribution in [3.8, 4) is 11.1 Å². The van der Waals surface area contributed by atoms with E-state index in [4.69, 9.17) is 16.3 Å². The molecule has 0 spiro atoms. The Morgan fingerprint density at radius 3 is 2.35 bits per heavy atom. The molecule has 2 rings (SSSR count). The number of halogens is 1. The summed E-state index contributed by atoms with van der Waals surface area (Å²) in [5.41, 5.74) is 4.18. The number of carbonyl (C=O) groups is 1. The number of hydrogen-bond donors (Lipinski definition) is 0. The van der Waals surface area contributed by atoms with Gasteiger partial charge in [-0.3, -0.25) is 0 Å². The molecule has 0 aliphatic carbocycles. The van der Waals surface area contributed by atoms with E-state index in [1.54, 1.807) is 6.08 Å². The molecule has 2 aromatic rings. The number of carbonyl (C=O) groups excluding carboxylic acids is 1. The molecular weight excluding hydrogens is 344 g/mol. The average molecular weight is 371 g/mol. The Hall–Kier alpha value is -2.06. The number of benzene rings is 2. The maximum Gasteiger partial charge on any atom is 0.330 e. The van der Waals surface area contributed by atoms with Crippen molar-refractivity contribution in [3.05, 3.63) is 64.7 Å². The highest BCUT2D eigenvalue weighted by molar-refractivity contribution is 6.33. The fourth-order valence-corrected chi connectivity index (χ4v) is 3.27. The predicted octanol–water partition coefficient (Wildman–Crippen LogP) is 6.59. The molecule has 0 N–H and O–H groups in total.